The van der Waals surface area contributed by atoms with Gasteiger partial charge in [0.05, 0.1) is 12.7 Å². The highest BCUT2D eigenvalue weighted by molar-refractivity contribution is 5.46. The van der Waals surface area contributed by atoms with E-state index < -0.39 is 0 Å². The average Bonchev–Trinajstić information content (AvgIpc) is 3.18. The number of piperidine rings is 1. The van der Waals surface area contributed by atoms with Crippen LogP contribution in [0.15, 0.2) is 73.1 Å². The molecule has 0 unspecified atom stereocenters. The second kappa shape index (κ2) is 8.99. The van der Waals surface area contributed by atoms with E-state index in [0.29, 0.717) is 0 Å². The summed E-state index contributed by atoms with van der Waals surface area (Å²) in [6.45, 7) is 3.22. The van der Waals surface area contributed by atoms with E-state index in [1.54, 1.807) is 17.6 Å². The van der Waals surface area contributed by atoms with E-state index in [0.717, 1.165) is 6.54 Å². The highest BCUT2D eigenvalue weighted by atomic mass is 16.7. The molecule has 2 aliphatic heterocycles. The molecule has 2 heterocycles. The topological polar surface area (TPSA) is 27.7 Å². The third-order valence-corrected chi connectivity index (χ3v) is 4.12. The lowest BCUT2D eigenvalue weighted by Crippen LogP contribution is -2.29. The standard InChI is InChI=1S/C11H15N.C9H10N2O/c1-3-7-11(8-4-1)12-9-5-2-6-10-12;1-2-4-9(5-3-1)8-11-10-6-7-12-11/h1,3-4,7-8H,2,5-6,9-10H2;1-7,10H,8H2. The maximum Gasteiger partial charge on any atom is 0.131 e. The van der Waals surface area contributed by atoms with E-state index in [1.807, 2.05) is 18.2 Å². The first kappa shape index (κ1) is 16.4. The van der Waals surface area contributed by atoms with Crippen molar-refractivity contribution < 1.29 is 4.84 Å². The summed E-state index contributed by atoms with van der Waals surface area (Å²) in [5.41, 5.74) is 5.54. The molecule has 1 saturated heterocycles. The maximum atomic E-state index is 5.10. The van der Waals surface area contributed by atoms with Crippen molar-refractivity contribution in [2.24, 2.45) is 0 Å². The predicted octanol–water partition coefficient (Wildman–Crippen LogP) is 4.09. The van der Waals surface area contributed by atoms with Crippen LogP contribution in [0.2, 0.25) is 0 Å². The largest absolute Gasteiger partial charge is 0.392 e. The number of hydrogen-bond donors (Lipinski definition) is 1. The van der Waals surface area contributed by atoms with Gasteiger partial charge in [-0.2, -0.15) is 0 Å². The van der Waals surface area contributed by atoms with Gasteiger partial charge in [-0.25, -0.2) is 0 Å². The smallest absolute Gasteiger partial charge is 0.131 e. The first-order valence-electron chi connectivity index (χ1n) is 8.61. The van der Waals surface area contributed by atoms with Gasteiger partial charge in [-0.3, -0.25) is 5.43 Å². The molecule has 4 nitrogen and oxygen atoms in total. The van der Waals surface area contributed by atoms with Crippen LogP contribution < -0.4 is 10.3 Å². The van der Waals surface area contributed by atoms with Gasteiger partial charge in [0.25, 0.3) is 0 Å². The van der Waals surface area contributed by atoms with Crippen LogP contribution >= 0.6 is 0 Å². The number of rotatable bonds is 3. The molecule has 0 radical (unpaired) electrons. The van der Waals surface area contributed by atoms with Crippen LogP contribution in [0.5, 0.6) is 0 Å². The molecule has 24 heavy (non-hydrogen) atoms. The van der Waals surface area contributed by atoms with Crippen LogP contribution in [0.4, 0.5) is 5.69 Å². The Morgan fingerprint density at radius 1 is 0.833 bits per heavy atom. The SMILES string of the molecule is C1=CON(Cc2ccccc2)N1.c1ccc(N2CCCCC2)cc1. The van der Waals surface area contributed by atoms with Crippen LogP contribution in [-0.4, -0.2) is 18.3 Å². The van der Waals surface area contributed by atoms with E-state index in [1.165, 1.54) is 43.6 Å². The normalized spacial score (nSPS) is 16.8. The summed E-state index contributed by atoms with van der Waals surface area (Å²) in [6.07, 6.45) is 7.49. The highest BCUT2D eigenvalue weighted by Gasteiger charge is 2.09. The van der Waals surface area contributed by atoms with Gasteiger partial charge in [0.2, 0.25) is 0 Å². The molecule has 0 atom stereocenters. The summed E-state index contributed by atoms with van der Waals surface area (Å²) in [5, 5.41) is 1.66. The number of hydrogen-bond acceptors (Lipinski definition) is 4. The molecule has 2 aliphatic rings. The maximum absolute atomic E-state index is 5.10. The summed E-state index contributed by atoms with van der Waals surface area (Å²) >= 11 is 0. The van der Waals surface area contributed by atoms with Gasteiger partial charge in [0, 0.05) is 18.8 Å². The molecule has 0 bridgehead atoms. The predicted molar refractivity (Wildman–Crippen MR) is 97.9 cm³/mol. The zero-order valence-electron chi connectivity index (χ0n) is 14.0. The lowest BCUT2D eigenvalue weighted by molar-refractivity contribution is -0.121. The molecule has 0 aromatic heterocycles. The van der Waals surface area contributed by atoms with E-state index >= 15 is 0 Å². The summed E-state index contributed by atoms with van der Waals surface area (Å²) in [5.74, 6) is 0. The number of para-hydroxylation sites is 1. The Bertz CT molecular complexity index is 601. The Morgan fingerprint density at radius 2 is 1.50 bits per heavy atom. The average molecular weight is 323 g/mol. The zero-order chi connectivity index (χ0) is 16.5. The summed E-state index contributed by atoms with van der Waals surface area (Å²) < 4.78 is 0. The lowest BCUT2D eigenvalue weighted by atomic mass is 10.1. The van der Waals surface area contributed by atoms with Crippen molar-refractivity contribution in [3.8, 4) is 0 Å². The van der Waals surface area contributed by atoms with Crippen molar-refractivity contribution >= 4 is 5.69 Å². The second-order valence-electron chi connectivity index (χ2n) is 5.94. The van der Waals surface area contributed by atoms with Gasteiger partial charge in [-0.05, 0) is 37.0 Å². The molecule has 1 fully saturated rings. The molecule has 1 N–H and O–H groups in total. The summed E-state index contributed by atoms with van der Waals surface area (Å²) in [4.78, 5) is 7.57. The van der Waals surface area contributed by atoms with Gasteiger partial charge >= 0.3 is 0 Å². The molecule has 2 aromatic rings. The molecule has 0 spiro atoms. The van der Waals surface area contributed by atoms with Crippen LogP contribution in [0.25, 0.3) is 0 Å². The Labute approximate surface area is 144 Å². The number of nitrogens with one attached hydrogen (secondary N) is 1. The number of hydroxylamine groups is 1. The van der Waals surface area contributed by atoms with Crippen LogP contribution in [0.3, 0.4) is 0 Å². The summed E-state index contributed by atoms with van der Waals surface area (Å²) in [6, 6.07) is 20.8. The van der Waals surface area contributed by atoms with Crippen LogP contribution in [0.1, 0.15) is 24.8 Å². The molecule has 0 saturated carbocycles. The molecule has 126 valence electrons. The van der Waals surface area contributed by atoms with E-state index in [-0.39, 0.29) is 0 Å². The monoisotopic (exact) mass is 323 g/mol. The van der Waals surface area contributed by atoms with Crippen molar-refractivity contribution in [3.63, 3.8) is 0 Å². The number of hydrazine groups is 1. The molecule has 0 aliphatic carbocycles. The van der Waals surface area contributed by atoms with E-state index in [4.69, 9.17) is 4.84 Å². The number of anilines is 1. The minimum atomic E-state index is 0.744. The molecular formula is C20H25N3O. The van der Waals surface area contributed by atoms with Gasteiger partial charge in [-0.15, -0.1) is 0 Å². The fraction of sp³-hybridized carbons (Fsp3) is 0.300. The van der Waals surface area contributed by atoms with E-state index in [9.17, 15) is 0 Å². The Balaban J connectivity index is 0.000000141. The third-order valence-electron chi connectivity index (χ3n) is 4.12. The minimum Gasteiger partial charge on any atom is -0.392 e. The van der Waals surface area contributed by atoms with E-state index in [2.05, 4.69) is 52.8 Å². The van der Waals surface area contributed by atoms with Crippen molar-refractivity contribution in [3.05, 3.63) is 78.7 Å². The Morgan fingerprint density at radius 3 is 2.12 bits per heavy atom. The molecule has 2 aromatic carbocycles. The Hall–Kier alpha value is -2.46. The van der Waals surface area contributed by atoms with Gasteiger partial charge in [0.1, 0.15) is 6.26 Å². The highest BCUT2D eigenvalue weighted by Crippen LogP contribution is 2.18. The summed E-state index contributed by atoms with van der Waals surface area (Å²) in [7, 11) is 0. The molecule has 4 heteroatoms. The van der Waals surface area contributed by atoms with Crippen molar-refractivity contribution in [2.75, 3.05) is 18.0 Å². The lowest BCUT2D eigenvalue weighted by Gasteiger charge is -2.28. The third kappa shape index (κ3) is 5.03. The quantitative estimate of drug-likeness (QED) is 0.921. The molecular weight excluding hydrogens is 298 g/mol. The van der Waals surface area contributed by atoms with Crippen LogP contribution in [-0.2, 0) is 11.4 Å². The van der Waals surface area contributed by atoms with Crippen molar-refractivity contribution in [1.29, 1.82) is 0 Å². The Kier molecular flexibility index (Phi) is 6.14. The molecule has 0 amide bonds. The first-order valence-corrected chi connectivity index (χ1v) is 8.61. The fourth-order valence-corrected chi connectivity index (χ4v) is 2.87. The van der Waals surface area contributed by atoms with Crippen molar-refractivity contribution in [1.82, 2.24) is 10.6 Å². The zero-order valence-corrected chi connectivity index (χ0v) is 14.0. The number of benzene rings is 2. The van der Waals surface area contributed by atoms with Gasteiger partial charge < -0.3 is 9.74 Å². The van der Waals surface area contributed by atoms with Gasteiger partial charge in [0.15, 0.2) is 0 Å². The fourth-order valence-electron chi connectivity index (χ4n) is 2.87. The molecule has 4 rings (SSSR count). The number of nitrogens with zero attached hydrogens (tertiary/aromatic N) is 2. The second-order valence-corrected chi connectivity index (χ2v) is 5.94. The first-order chi connectivity index (χ1) is 11.9. The minimum absolute atomic E-state index is 0.744. The van der Waals surface area contributed by atoms with Crippen LogP contribution in [0, 0.1) is 0 Å². The van der Waals surface area contributed by atoms with Crippen molar-refractivity contribution in [2.45, 2.75) is 25.8 Å². The van der Waals surface area contributed by atoms with Gasteiger partial charge in [-0.1, -0.05) is 53.7 Å².